The van der Waals surface area contributed by atoms with E-state index >= 15 is 0 Å². The number of carbonyl (C=O) groups is 1. The standard InChI is InChI=1S/C18H19ClN4OS/c1-12-17(19)13(2)23(21-12)18-20-15(11-25-18)9-16(24)22(3)10-14-7-5-4-6-8-14/h4-8,11H,9-10H2,1-3H3. The Labute approximate surface area is 155 Å². The van der Waals surface area contributed by atoms with Crippen molar-refractivity contribution in [2.24, 2.45) is 0 Å². The molecule has 0 aliphatic heterocycles. The molecule has 0 saturated carbocycles. The number of carbonyl (C=O) groups excluding carboxylic acids is 1. The van der Waals surface area contributed by atoms with Gasteiger partial charge in [-0.15, -0.1) is 11.3 Å². The average molecular weight is 375 g/mol. The molecule has 0 aliphatic rings. The van der Waals surface area contributed by atoms with E-state index in [0.717, 1.165) is 27.8 Å². The van der Waals surface area contributed by atoms with Gasteiger partial charge in [0.15, 0.2) is 0 Å². The van der Waals surface area contributed by atoms with Gasteiger partial charge in [0.1, 0.15) is 0 Å². The van der Waals surface area contributed by atoms with E-state index in [2.05, 4.69) is 10.1 Å². The Balaban J connectivity index is 1.68. The average Bonchev–Trinajstić information content (AvgIpc) is 3.16. The Morgan fingerprint density at radius 1 is 1.28 bits per heavy atom. The lowest BCUT2D eigenvalue weighted by atomic mass is 10.2. The van der Waals surface area contributed by atoms with E-state index in [0.29, 0.717) is 11.6 Å². The van der Waals surface area contributed by atoms with Crippen molar-refractivity contribution in [1.29, 1.82) is 0 Å². The molecule has 1 amide bonds. The summed E-state index contributed by atoms with van der Waals surface area (Å²) < 4.78 is 1.73. The van der Waals surface area contributed by atoms with Crippen LogP contribution in [0.15, 0.2) is 35.7 Å². The predicted molar refractivity (Wildman–Crippen MR) is 100 cm³/mol. The molecule has 2 heterocycles. The second-order valence-corrected chi connectivity index (χ2v) is 7.14. The molecule has 1 aromatic carbocycles. The van der Waals surface area contributed by atoms with Crippen molar-refractivity contribution in [2.75, 3.05) is 7.05 Å². The number of hydrogen-bond acceptors (Lipinski definition) is 4. The summed E-state index contributed by atoms with van der Waals surface area (Å²) in [6.45, 7) is 4.36. The number of halogens is 1. The quantitative estimate of drug-likeness (QED) is 0.682. The Morgan fingerprint density at radius 2 is 2.00 bits per heavy atom. The topological polar surface area (TPSA) is 51.0 Å². The summed E-state index contributed by atoms with van der Waals surface area (Å²) in [4.78, 5) is 18.7. The molecule has 0 spiro atoms. The van der Waals surface area contributed by atoms with Crippen LogP contribution in [0.1, 0.15) is 22.6 Å². The molecule has 0 saturated heterocycles. The van der Waals surface area contributed by atoms with Crippen molar-refractivity contribution in [2.45, 2.75) is 26.8 Å². The first-order chi connectivity index (χ1) is 12.0. The van der Waals surface area contributed by atoms with Gasteiger partial charge in [-0.25, -0.2) is 9.67 Å². The SMILES string of the molecule is Cc1nn(-c2nc(CC(=O)N(C)Cc3ccccc3)cs2)c(C)c1Cl. The van der Waals surface area contributed by atoms with Crippen molar-refractivity contribution in [3.05, 3.63) is 63.4 Å². The zero-order chi connectivity index (χ0) is 18.0. The Kier molecular flexibility index (Phi) is 5.20. The van der Waals surface area contributed by atoms with E-state index in [9.17, 15) is 4.79 Å². The van der Waals surface area contributed by atoms with Crippen LogP contribution < -0.4 is 0 Å². The smallest absolute Gasteiger partial charge is 0.228 e. The van der Waals surface area contributed by atoms with Gasteiger partial charge in [0.2, 0.25) is 11.0 Å². The second-order valence-electron chi connectivity index (χ2n) is 5.93. The number of benzene rings is 1. The molecule has 0 aliphatic carbocycles. The Bertz CT molecular complexity index is 888. The van der Waals surface area contributed by atoms with Crippen LogP contribution in [0.3, 0.4) is 0 Å². The number of amides is 1. The first-order valence-corrected chi connectivity index (χ1v) is 9.16. The number of hydrogen-bond donors (Lipinski definition) is 0. The van der Waals surface area contributed by atoms with Crippen molar-refractivity contribution in [3.8, 4) is 5.13 Å². The molecule has 3 aromatic rings. The summed E-state index contributed by atoms with van der Waals surface area (Å²) in [5, 5.41) is 7.67. The zero-order valence-electron chi connectivity index (χ0n) is 14.4. The third-order valence-electron chi connectivity index (χ3n) is 3.94. The van der Waals surface area contributed by atoms with E-state index < -0.39 is 0 Å². The molecular weight excluding hydrogens is 356 g/mol. The van der Waals surface area contributed by atoms with Gasteiger partial charge in [0, 0.05) is 19.0 Å². The highest BCUT2D eigenvalue weighted by molar-refractivity contribution is 7.12. The monoisotopic (exact) mass is 374 g/mol. The highest BCUT2D eigenvalue weighted by Crippen LogP contribution is 2.24. The number of thiazole rings is 1. The lowest BCUT2D eigenvalue weighted by Gasteiger charge is -2.16. The van der Waals surface area contributed by atoms with Crippen LogP contribution in [0, 0.1) is 13.8 Å². The number of likely N-dealkylation sites (N-methyl/N-ethyl adjacent to an activating group) is 1. The number of rotatable bonds is 5. The fraction of sp³-hybridized carbons (Fsp3) is 0.278. The van der Waals surface area contributed by atoms with Gasteiger partial charge in [-0.2, -0.15) is 5.10 Å². The summed E-state index contributed by atoms with van der Waals surface area (Å²) >= 11 is 7.65. The van der Waals surface area contributed by atoms with Crippen LogP contribution in [0.2, 0.25) is 5.02 Å². The molecule has 0 fully saturated rings. The van der Waals surface area contributed by atoms with E-state index in [1.54, 1.807) is 9.58 Å². The first-order valence-electron chi connectivity index (χ1n) is 7.90. The number of aromatic nitrogens is 3. The van der Waals surface area contributed by atoms with E-state index in [1.165, 1.54) is 11.3 Å². The van der Waals surface area contributed by atoms with Crippen molar-refractivity contribution >= 4 is 28.8 Å². The highest BCUT2D eigenvalue weighted by Gasteiger charge is 2.16. The molecule has 0 unspecified atom stereocenters. The lowest BCUT2D eigenvalue weighted by molar-refractivity contribution is -0.129. The Hall–Kier alpha value is -2.18. The van der Waals surface area contributed by atoms with Crippen LogP contribution in [-0.2, 0) is 17.8 Å². The van der Waals surface area contributed by atoms with Gasteiger partial charge < -0.3 is 4.90 Å². The van der Waals surface area contributed by atoms with Gasteiger partial charge >= 0.3 is 0 Å². The summed E-state index contributed by atoms with van der Waals surface area (Å²) in [6, 6.07) is 9.93. The molecule has 130 valence electrons. The van der Waals surface area contributed by atoms with Gasteiger partial charge in [-0.05, 0) is 19.4 Å². The van der Waals surface area contributed by atoms with Crippen LogP contribution >= 0.6 is 22.9 Å². The Morgan fingerprint density at radius 3 is 2.64 bits per heavy atom. The fourth-order valence-corrected chi connectivity index (χ4v) is 3.46. The van der Waals surface area contributed by atoms with Gasteiger partial charge in [-0.3, -0.25) is 4.79 Å². The van der Waals surface area contributed by atoms with Crippen LogP contribution in [0.4, 0.5) is 0 Å². The summed E-state index contributed by atoms with van der Waals surface area (Å²) in [5.41, 5.74) is 3.48. The maximum absolute atomic E-state index is 12.4. The minimum Gasteiger partial charge on any atom is -0.341 e. The molecule has 25 heavy (non-hydrogen) atoms. The molecule has 2 aromatic heterocycles. The van der Waals surface area contributed by atoms with Crippen LogP contribution in [0.25, 0.3) is 5.13 Å². The number of nitrogens with zero attached hydrogens (tertiary/aromatic N) is 4. The zero-order valence-corrected chi connectivity index (χ0v) is 15.9. The van der Waals surface area contributed by atoms with Crippen molar-refractivity contribution in [1.82, 2.24) is 19.7 Å². The normalized spacial score (nSPS) is 10.9. The number of aryl methyl sites for hydroxylation is 1. The summed E-state index contributed by atoms with van der Waals surface area (Å²) in [6.07, 6.45) is 0.271. The van der Waals surface area contributed by atoms with Crippen molar-refractivity contribution < 1.29 is 4.79 Å². The molecule has 3 rings (SSSR count). The summed E-state index contributed by atoms with van der Waals surface area (Å²) in [7, 11) is 1.81. The van der Waals surface area contributed by atoms with E-state index in [1.807, 2.05) is 56.6 Å². The fourth-order valence-electron chi connectivity index (χ4n) is 2.52. The molecule has 0 atom stereocenters. The highest BCUT2D eigenvalue weighted by atomic mass is 35.5. The molecule has 7 heteroatoms. The predicted octanol–water partition coefficient (Wildman–Crippen LogP) is 3.80. The summed E-state index contributed by atoms with van der Waals surface area (Å²) in [5.74, 6) is 0.0344. The second kappa shape index (κ2) is 7.37. The molecule has 0 N–H and O–H groups in total. The van der Waals surface area contributed by atoms with Crippen LogP contribution in [0.5, 0.6) is 0 Å². The third kappa shape index (κ3) is 3.91. The van der Waals surface area contributed by atoms with Crippen LogP contribution in [-0.4, -0.2) is 32.6 Å². The van der Waals surface area contributed by atoms with E-state index in [4.69, 9.17) is 11.6 Å². The maximum Gasteiger partial charge on any atom is 0.228 e. The van der Waals surface area contributed by atoms with Gasteiger partial charge in [0.25, 0.3) is 0 Å². The van der Waals surface area contributed by atoms with Crippen molar-refractivity contribution in [3.63, 3.8) is 0 Å². The minimum atomic E-state index is 0.0344. The molecular formula is C18H19ClN4OS. The molecule has 5 nitrogen and oxygen atoms in total. The third-order valence-corrected chi connectivity index (χ3v) is 5.36. The van der Waals surface area contributed by atoms with E-state index in [-0.39, 0.29) is 12.3 Å². The lowest BCUT2D eigenvalue weighted by Crippen LogP contribution is -2.27. The van der Waals surface area contributed by atoms with Gasteiger partial charge in [-0.1, -0.05) is 41.9 Å². The molecule has 0 bridgehead atoms. The largest absolute Gasteiger partial charge is 0.341 e. The maximum atomic E-state index is 12.4. The minimum absolute atomic E-state index is 0.0344. The molecule has 0 radical (unpaired) electrons. The van der Waals surface area contributed by atoms with Gasteiger partial charge in [0.05, 0.1) is 28.5 Å². The first kappa shape index (κ1) is 17.6.